The van der Waals surface area contributed by atoms with Gasteiger partial charge in [0, 0.05) is 32.4 Å². The Morgan fingerprint density at radius 2 is 1.60 bits per heavy atom. The minimum absolute atomic E-state index is 0.0780. The highest BCUT2D eigenvalue weighted by atomic mass is 16.5. The van der Waals surface area contributed by atoms with Crippen LogP contribution in [0.1, 0.15) is 42.7 Å². The number of amides is 2. The molecule has 1 aliphatic carbocycles. The first-order chi connectivity index (χ1) is 16.8. The van der Waals surface area contributed by atoms with Crippen molar-refractivity contribution in [1.29, 1.82) is 0 Å². The maximum atomic E-state index is 12.9. The number of nitrogens with one attached hydrogen (secondary N) is 1. The Labute approximate surface area is 204 Å². The summed E-state index contributed by atoms with van der Waals surface area (Å²) < 4.78 is 10.1. The van der Waals surface area contributed by atoms with Crippen molar-refractivity contribution in [1.82, 2.24) is 10.2 Å². The number of rotatable bonds is 11. The van der Waals surface area contributed by atoms with E-state index in [-0.39, 0.29) is 44.3 Å². The lowest BCUT2D eigenvalue weighted by molar-refractivity contribution is -0.142. The fourth-order valence-electron chi connectivity index (χ4n) is 4.25. The van der Waals surface area contributed by atoms with Crippen molar-refractivity contribution >= 4 is 23.9 Å². The molecule has 186 valence electrons. The lowest BCUT2D eigenvalue weighted by Gasteiger charge is -2.24. The van der Waals surface area contributed by atoms with E-state index in [1.165, 1.54) is 19.1 Å². The highest BCUT2D eigenvalue weighted by molar-refractivity contribution is 5.86. The number of hydrogen-bond acceptors (Lipinski definition) is 6. The standard InChI is InChI=1S/C26H30N2O7/c1-28(15-7-12-24(31)34-2)25(32)22(13-14-23(29)30)27-26(33)35-16-21-19-10-5-3-8-17(19)18-9-4-6-11-20(18)21/h3-6,8-11,21-22H,7,12-16H2,1-2H3,(H,27,33)(H,29,30). The van der Waals surface area contributed by atoms with Gasteiger partial charge >= 0.3 is 18.0 Å². The summed E-state index contributed by atoms with van der Waals surface area (Å²) in [5.41, 5.74) is 4.32. The maximum Gasteiger partial charge on any atom is 0.407 e. The summed E-state index contributed by atoms with van der Waals surface area (Å²) in [6.07, 6.45) is -0.645. The topological polar surface area (TPSA) is 122 Å². The molecule has 0 heterocycles. The van der Waals surface area contributed by atoms with Crippen LogP contribution in [0.3, 0.4) is 0 Å². The fraction of sp³-hybridized carbons (Fsp3) is 0.385. The van der Waals surface area contributed by atoms with Gasteiger partial charge in [-0.15, -0.1) is 0 Å². The number of carboxylic acid groups (broad SMARTS) is 1. The number of carboxylic acids is 1. The lowest BCUT2D eigenvalue weighted by atomic mass is 9.98. The molecule has 0 aromatic heterocycles. The molecule has 1 atom stereocenters. The van der Waals surface area contributed by atoms with Crippen molar-refractivity contribution in [2.45, 2.75) is 37.6 Å². The molecule has 0 saturated carbocycles. The van der Waals surface area contributed by atoms with Crippen LogP contribution >= 0.6 is 0 Å². The monoisotopic (exact) mass is 482 g/mol. The number of aliphatic carboxylic acids is 1. The van der Waals surface area contributed by atoms with Gasteiger partial charge in [-0.2, -0.15) is 0 Å². The Bertz CT molecular complexity index is 1040. The predicted molar refractivity (Wildman–Crippen MR) is 128 cm³/mol. The van der Waals surface area contributed by atoms with Crippen LogP contribution < -0.4 is 5.32 Å². The molecule has 3 rings (SSSR count). The summed E-state index contributed by atoms with van der Waals surface area (Å²) in [6, 6.07) is 14.8. The molecule has 0 aliphatic heterocycles. The molecule has 2 aromatic rings. The molecular weight excluding hydrogens is 452 g/mol. The van der Waals surface area contributed by atoms with Gasteiger partial charge in [-0.05, 0) is 35.1 Å². The molecule has 9 heteroatoms. The van der Waals surface area contributed by atoms with Crippen LogP contribution in [0, 0.1) is 0 Å². The Kier molecular flexibility index (Phi) is 8.83. The maximum absolute atomic E-state index is 12.9. The fourth-order valence-corrected chi connectivity index (χ4v) is 4.25. The van der Waals surface area contributed by atoms with Crippen LogP contribution in [-0.4, -0.2) is 67.3 Å². The first-order valence-electron chi connectivity index (χ1n) is 11.5. The lowest BCUT2D eigenvalue weighted by Crippen LogP contribution is -2.48. The van der Waals surface area contributed by atoms with Gasteiger partial charge in [-0.1, -0.05) is 48.5 Å². The minimum atomic E-state index is -1.08. The number of nitrogens with zero attached hydrogens (tertiary/aromatic N) is 1. The molecule has 1 aliphatic rings. The zero-order valence-corrected chi connectivity index (χ0v) is 19.9. The summed E-state index contributed by atoms with van der Waals surface area (Å²) in [6.45, 7) is 0.332. The summed E-state index contributed by atoms with van der Waals surface area (Å²) in [7, 11) is 2.82. The third-order valence-electron chi connectivity index (χ3n) is 6.06. The van der Waals surface area contributed by atoms with Gasteiger partial charge in [-0.3, -0.25) is 14.4 Å². The molecule has 0 fully saturated rings. The van der Waals surface area contributed by atoms with Gasteiger partial charge < -0.3 is 24.8 Å². The highest BCUT2D eigenvalue weighted by Crippen LogP contribution is 2.44. The second kappa shape index (κ2) is 12.0. The molecule has 2 amide bonds. The average Bonchev–Trinajstić information content (AvgIpc) is 3.18. The molecule has 0 radical (unpaired) electrons. The number of benzene rings is 2. The van der Waals surface area contributed by atoms with E-state index in [4.69, 9.17) is 9.84 Å². The third-order valence-corrected chi connectivity index (χ3v) is 6.06. The highest BCUT2D eigenvalue weighted by Gasteiger charge is 2.30. The summed E-state index contributed by atoms with van der Waals surface area (Å²) in [5, 5.41) is 11.6. The predicted octanol–water partition coefficient (Wildman–Crippen LogP) is 3.17. The SMILES string of the molecule is COC(=O)CCCN(C)C(=O)C(CCC(=O)O)NC(=O)OCC1c2ccccc2-c2ccccc21. The van der Waals surface area contributed by atoms with Crippen LogP contribution in [0.4, 0.5) is 4.79 Å². The first kappa shape index (κ1) is 25.7. The van der Waals surface area contributed by atoms with Crippen LogP contribution in [-0.2, 0) is 23.9 Å². The number of likely N-dealkylation sites (N-methyl/N-ethyl adjacent to an activating group) is 1. The number of alkyl carbamates (subject to hydrolysis) is 1. The number of fused-ring (bicyclic) bond motifs is 3. The van der Waals surface area contributed by atoms with E-state index < -0.39 is 24.0 Å². The molecule has 2 N–H and O–H groups in total. The second-order valence-corrected chi connectivity index (χ2v) is 8.39. The molecule has 2 aromatic carbocycles. The van der Waals surface area contributed by atoms with Crippen molar-refractivity contribution in [3.05, 3.63) is 59.7 Å². The molecule has 0 spiro atoms. The van der Waals surface area contributed by atoms with Crippen LogP contribution in [0.5, 0.6) is 0 Å². The number of carbonyl (C=O) groups is 4. The Balaban J connectivity index is 1.62. The van der Waals surface area contributed by atoms with Crippen molar-refractivity contribution < 1.29 is 33.8 Å². The van der Waals surface area contributed by atoms with Crippen molar-refractivity contribution in [2.24, 2.45) is 0 Å². The van der Waals surface area contributed by atoms with Crippen LogP contribution in [0.2, 0.25) is 0 Å². The quantitative estimate of drug-likeness (QED) is 0.472. The van der Waals surface area contributed by atoms with Gasteiger partial charge in [0.05, 0.1) is 7.11 Å². The van der Waals surface area contributed by atoms with Crippen molar-refractivity contribution in [2.75, 3.05) is 27.3 Å². The zero-order chi connectivity index (χ0) is 25.4. The van der Waals surface area contributed by atoms with E-state index >= 15 is 0 Å². The van der Waals surface area contributed by atoms with Crippen LogP contribution in [0.15, 0.2) is 48.5 Å². The number of ether oxygens (including phenoxy) is 2. The van der Waals surface area contributed by atoms with Gasteiger partial charge in [0.15, 0.2) is 0 Å². The van der Waals surface area contributed by atoms with E-state index in [9.17, 15) is 19.2 Å². The Morgan fingerprint density at radius 1 is 1.00 bits per heavy atom. The number of hydrogen-bond donors (Lipinski definition) is 2. The summed E-state index contributed by atoms with van der Waals surface area (Å²) >= 11 is 0. The smallest absolute Gasteiger partial charge is 0.407 e. The number of methoxy groups -OCH3 is 1. The van der Waals surface area contributed by atoms with E-state index in [1.807, 2.05) is 48.5 Å². The number of esters is 1. The molecule has 0 saturated heterocycles. The van der Waals surface area contributed by atoms with Gasteiger partial charge in [0.25, 0.3) is 0 Å². The van der Waals surface area contributed by atoms with Gasteiger partial charge in [0.2, 0.25) is 5.91 Å². The zero-order valence-electron chi connectivity index (χ0n) is 19.9. The molecule has 9 nitrogen and oxygen atoms in total. The molecule has 1 unspecified atom stereocenters. The van der Waals surface area contributed by atoms with Crippen molar-refractivity contribution in [3.8, 4) is 11.1 Å². The Morgan fingerprint density at radius 3 is 2.17 bits per heavy atom. The summed E-state index contributed by atoms with van der Waals surface area (Å²) in [5.74, 6) is -2.05. The largest absolute Gasteiger partial charge is 0.481 e. The van der Waals surface area contributed by atoms with Gasteiger partial charge in [-0.25, -0.2) is 4.79 Å². The van der Waals surface area contributed by atoms with Crippen LogP contribution in [0.25, 0.3) is 11.1 Å². The van der Waals surface area contributed by atoms with Crippen molar-refractivity contribution in [3.63, 3.8) is 0 Å². The first-order valence-corrected chi connectivity index (χ1v) is 11.5. The molecule has 35 heavy (non-hydrogen) atoms. The molecule has 0 bridgehead atoms. The number of carbonyl (C=O) groups excluding carboxylic acids is 3. The van der Waals surface area contributed by atoms with Gasteiger partial charge in [0.1, 0.15) is 12.6 Å². The summed E-state index contributed by atoms with van der Waals surface area (Å²) in [4.78, 5) is 49.2. The third kappa shape index (κ3) is 6.59. The normalized spacial score (nSPS) is 12.7. The Hall–Kier alpha value is -3.88. The average molecular weight is 483 g/mol. The second-order valence-electron chi connectivity index (χ2n) is 8.39. The van der Waals surface area contributed by atoms with E-state index in [0.29, 0.717) is 6.42 Å². The van der Waals surface area contributed by atoms with E-state index in [0.717, 1.165) is 22.3 Å². The molecular formula is C26H30N2O7. The minimum Gasteiger partial charge on any atom is -0.481 e. The van der Waals surface area contributed by atoms with E-state index in [2.05, 4.69) is 10.1 Å². The van der Waals surface area contributed by atoms with E-state index in [1.54, 1.807) is 0 Å².